The standard InChI is InChI=1S/C28H18F3N3O3/c29-28(30,31)22-11-5-10-21-25(19(14-34-26(21)22)12-17-6-2-1-3-7-17)18-8-4-9-20(13-18)37-24-16-32-23(15-33-24)27(35)36/h1-11,13-16H,12H2,(H,35,36). The Labute approximate surface area is 209 Å². The first kappa shape index (κ1) is 23.9. The molecule has 0 spiro atoms. The van der Waals surface area contributed by atoms with E-state index in [0.29, 0.717) is 28.7 Å². The predicted molar refractivity (Wildman–Crippen MR) is 130 cm³/mol. The highest BCUT2D eigenvalue weighted by Crippen LogP contribution is 2.39. The first-order chi connectivity index (χ1) is 17.8. The highest BCUT2D eigenvalue weighted by molar-refractivity contribution is 5.98. The first-order valence-corrected chi connectivity index (χ1v) is 11.1. The number of aromatic nitrogens is 3. The fourth-order valence-electron chi connectivity index (χ4n) is 4.10. The van der Waals surface area contributed by atoms with Crippen LogP contribution in [-0.2, 0) is 12.6 Å². The fourth-order valence-corrected chi connectivity index (χ4v) is 4.10. The highest BCUT2D eigenvalue weighted by Gasteiger charge is 2.33. The van der Waals surface area contributed by atoms with Crippen LogP contribution >= 0.6 is 0 Å². The summed E-state index contributed by atoms with van der Waals surface area (Å²) in [4.78, 5) is 23.0. The maximum absolute atomic E-state index is 13.8. The molecule has 0 radical (unpaired) electrons. The summed E-state index contributed by atoms with van der Waals surface area (Å²) in [5.74, 6) is -0.780. The van der Waals surface area contributed by atoms with Crippen molar-refractivity contribution in [3.05, 3.63) is 114 Å². The van der Waals surface area contributed by atoms with Crippen molar-refractivity contribution in [1.82, 2.24) is 15.0 Å². The van der Waals surface area contributed by atoms with Crippen LogP contribution < -0.4 is 4.74 Å². The maximum Gasteiger partial charge on any atom is 0.418 e. The zero-order chi connectivity index (χ0) is 26.0. The van der Waals surface area contributed by atoms with Gasteiger partial charge in [0, 0.05) is 11.6 Å². The molecule has 0 fully saturated rings. The monoisotopic (exact) mass is 501 g/mol. The number of para-hydroxylation sites is 1. The number of hydrogen-bond donors (Lipinski definition) is 1. The fraction of sp³-hybridized carbons (Fsp3) is 0.0714. The number of pyridine rings is 1. The van der Waals surface area contributed by atoms with Crippen LogP contribution in [0.3, 0.4) is 0 Å². The van der Waals surface area contributed by atoms with Gasteiger partial charge in [0.15, 0.2) is 5.69 Å². The molecule has 2 aromatic heterocycles. The van der Waals surface area contributed by atoms with E-state index in [1.165, 1.54) is 18.5 Å². The molecule has 0 bridgehead atoms. The summed E-state index contributed by atoms with van der Waals surface area (Å²) in [6.45, 7) is 0. The Morgan fingerprint density at radius 3 is 2.35 bits per heavy atom. The van der Waals surface area contributed by atoms with Crippen molar-refractivity contribution in [2.45, 2.75) is 12.6 Å². The van der Waals surface area contributed by atoms with Crippen molar-refractivity contribution in [2.75, 3.05) is 0 Å². The van der Waals surface area contributed by atoms with E-state index >= 15 is 0 Å². The van der Waals surface area contributed by atoms with Gasteiger partial charge in [-0.25, -0.2) is 14.8 Å². The molecule has 2 heterocycles. The number of hydrogen-bond acceptors (Lipinski definition) is 5. The van der Waals surface area contributed by atoms with Crippen LogP contribution in [0, 0.1) is 0 Å². The van der Waals surface area contributed by atoms with E-state index in [0.717, 1.165) is 23.4 Å². The number of nitrogens with zero attached hydrogens (tertiary/aromatic N) is 3. The Morgan fingerprint density at radius 2 is 1.65 bits per heavy atom. The quantitative estimate of drug-likeness (QED) is 0.276. The van der Waals surface area contributed by atoms with E-state index in [1.807, 2.05) is 30.3 Å². The highest BCUT2D eigenvalue weighted by atomic mass is 19.4. The van der Waals surface area contributed by atoms with Gasteiger partial charge in [-0.3, -0.25) is 4.98 Å². The van der Waals surface area contributed by atoms with Gasteiger partial charge in [0.2, 0.25) is 5.88 Å². The SMILES string of the molecule is O=C(O)c1cnc(Oc2cccc(-c3c(Cc4ccccc4)cnc4c(C(F)(F)F)cccc34)c2)cn1. The molecular weight excluding hydrogens is 483 g/mol. The third-order valence-corrected chi connectivity index (χ3v) is 5.71. The van der Waals surface area contributed by atoms with E-state index in [2.05, 4.69) is 15.0 Å². The normalized spacial score (nSPS) is 11.4. The van der Waals surface area contributed by atoms with Crippen LogP contribution in [0.25, 0.3) is 22.0 Å². The molecule has 3 aromatic carbocycles. The summed E-state index contributed by atoms with van der Waals surface area (Å²) in [6.07, 6.45) is -0.342. The van der Waals surface area contributed by atoms with Crippen molar-refractivity contribution >= 4 is 16.9 Å². The van der Waals surface area contributed by atoms with Gasteiger partial charge in [-0.1, -0.05) is 54.6 Å². The second-order valence-electron chi connectivity index (χ2n) is 8.20. The van der Waals surface area contributed by atoms with Gasteiger partial charge in [-0.15, -0.1) is 0 Å². The lowest BCUT2D eigenvalue weighted by Crippen LogP contribution is -2.07. The molecule has 5 aromatic rings. The number of benzene rings is 3. The Bertz CT molecular complexity index is 1590. The van der Waals surface area contributed by atoms with Crippen LogP contribution in [0.4, 0.5) is 13.2 Å². The third-order valence-electron chi connectivity index (χ3n) is 5.71. The summed E-state index contributed by atoms with van der Waals surface area (Å²) in [6, 6.07) is 20.5. The number of rotatable bonds is 6. The van der Waals surface area contributed by atoms with E-state index in [9.17, 15) is 18.0 Å². The summed E-state index contributed by atoms with van der Waals surface area (Å²) < 4.78 is 47.1. The average Bonchev–Trinajstić information content (AvgIpc) is 2.88. The lowest BCUT2D eigenvalue weighted by atomic mass is 9.92. The van der Waals surface area contributed by atoms with Gasteiger partial charge < -0.3 is 9.84 Å². The van der Waals surface area contributed by atoms with E-state index in [4.69, 9.17) is 9.84 Å². The molecule has 1 N–H and O–H groups in total. The number of alkyl halides is 3. The Hall–Kier alpha value is -4.79. The first-order valence-electron chi connectivity index (χ1n) is 11.1. The minimum atomic E-state index is -4.56. The van der Waals surface area contributed by atoms with E-state index in [-0.39, 0.29) is 17.1 Å². The summed E-state index contributed by atoms with van der Waals surface area (Å²) >= 11 is 0. The van der Waals surface area contributed by atoms with E-state index in [1.54, 1.807) is 30.3 Å². The van der Waals surface area contributed by atoms with Crippen molar-refractivity contribution < 1.29 is 27.8 Å². The van der Waals surface area contributed by atoms with Crippen LogP contribution in [0.5, 0.6) is 11.6 Å². The Balaban J connectivity index is 1.63. The van der Waals surface area contributed by atoms with Crippen molar-refractivity contribution in [2.24, 2.45) is 0 Å². The molecule has 5 rings (SSSR count). The largest absolute Gasteiger partial charge is 0.476 e. The summed E-state index contributed by atoms with van der Waals surface area (Å²) in [5.41, 5.74) is 1.80. The van der Waals surface area contributed by atoms with Crippen molar-refractivity contribution in [3.63, 3.8) is 0 Å². The molecule has 37 heavy (non-hydrogen) atoms. The zero-order valence-corrected chi connectivity index (χ0v) is 19.1. The second-order valence-corrected chi connectivity index (χ2v) is 8.20. The van der Waals surface area contributed by atoms with Crippen molar-refractivity contribution in [1.29, 1.82) is 0 Å². The van der Waals surface area contributed by atoms with Gasteiger partial charge in [0.25, 0.3) is 0 Å². The number of carbonyl (C=O) groups is 1. The lowest BCUT2D eigenvalue weighted by molar-refractivity contribution is -0.136. The molecule has 6 nitrogen and oxygen atoms in total. The maximum atomic E-state index is 13.8. The Morgan fingerprint density at radius 1 is 0.865 bits per heavy atom. The molecule has 0 amide bonds. The van der Waals surface area contributed by atoms with Crippen LogP contribution in [0.1, 0.15) is 27.2 Å². The third kappa shape index (κ3) is 5.11. The molecule has 0 unspecified atom stereocenters. The summed E-state index contributed by atoms with van der Waals surface area (Å²) in [7, 11) is 0. The molecule has 0 saturated heterocycles. The average molecular weight is 501 g/mol. The molecule has 9 heteroatoms. The predicted octanol–water partition coefficient (Wildman–Crippen LogP) is 6.79. The molecule has 0 aliphatic carbocycles. The number of aromatic carboxylic acids is 1. The second kappa shape index (κ2) is 9.69. The Kier molecular flexibility index (Phi) is 6.27. The number of fused-ring (bicyclic) bond motifs is 1. The molecule has 0 saturated carbocycles. The molecule has 184 valence electrons. The van der Waals surface area contributed by atoms with Gasteiger partial charge in [0.05, 0.1) is 23.5 Å². The number of carboxylic acids is 1. The topological polar surface area (TPSA) is 85.2 Å². The van der Waals surface area contributed by atoms with Gasteiger partial charge in [-0.2, -0.15) is 13.2 Å². The van der Waals surface area contributed by atoms with Gasteiger partial charge in [0.1, 0.15) is 5.75 Å². The van der Waals surface area contributed by atoms with Gasteiger partial charge >= 0.3 is 12.1 Å². The minimum absolute atomic E-state index is 0.0746. The van der Waals surface area contributed by atoms with Crippen molar-refractivity contribution in [3.8, 4) is 22.8 Å². The lowest BCUT2D eigenvalue weighted by Gasteiger charge is -2.17. The number of halogens is 3. The van der Waals surface area contributed by atoms with Crippen LogP contribution in [-0.4, -0.2) is 26.0 Å². The summed E-state index contributed by atoms with van der Waals surface area (Å²) in [5, 5.41) is 9.36. The molecule has 0 aliphatic rings. The molecule has 0 atom stereocenters. The number of ether oxygens (including phenoxy) is 1. The minimum Gasteiger partial charge on any atom is -0.476 e. The molecule has 0 aliphatic heterocycles. The zero-order valence-electron chi connectivity index (χ0n) is 19.1. The number of carboxylic acid groups (broad SMARTS) is 1. The van der Waals surface area contributed by atoms with Crippen LogP contribution in [0.15, 0.2) is 91.4 Å². The van der Waals surface area contributed by atoms with Crippen LogP contribution in [0.2, 0.25) is 0 Å². The molecular formula is C28H18F3N3O3. The smallest absolute Gasteiger partial charge is 0.418 e. The van der Waals surface area contributed by atoms with E-state index < -0.39 is 17.7 Å². The van der Waals surface area contributed by atoms with Gasteiger partial charge in [-0.05, 0) is 46.9 Å².